The van der Waals surface area contributed by atoms with E-state index in [4.69, 9.17) is 9.47 Å². The van der Waals surface area contributed by atoms with Gasteiger partial charge < -0.3 is 9.47 Å². The van der Waals surface area contributed by atoms with E-state index in [0.717, 1.165) is 0 Å². The van der Waals surface area contributed by atoms with E-state index in [0.29, 0.717) is 6.42 Å². The lowest BCUT2D eigenvalue weighted by Crippen LogP contribution is -2.56. The number of benzene rings is 1. The molecule has 5 nitrogen and oxygen atoms in total. The molecule has 1 aromatic rings. The molecule has 4 atom stereocenters. The van der Waals surface area contributed by atoms with Crippen LogP contribution in [-0.4, -0.2) is 37.4 Å². The average molecular weight is 324 g/mol. The van der Waals surface area contributed by atoms with E-state index < -0.39 is 20.9 Å². The maximum Gasteiger partial charge on any atom is 0.247 e. The van der Waals surface area contributed by atoms with Gasteiger partial charge in [0.1, 0.15) is 5.25 Å². The van der Waals surface area contributed by atoms with Crippen molar-refractivity contribution in [3.63, 3.8) is 0 Å². The highest BCUT2D eigenvalue weighted by Crippen LogP contribution is 2.43. The molecule has 2 aliphatic rings. The smallest absolute Gasteiger partial charge is 0.247 e. The molecule has 0 saturated carbocycles. The quantitative estimate of drug-likeness (QED) is 0.833. The van der Waals surface area contributed by atoms with Gasteiger partial charge in [-0.25, -0.2) is 8.42 Å². The van der Waals surface area contributed by atoms with Crippen LogP contribution >= 0.6 is 0 Å². The van der Waals surface area contributed by atoms with E-state index in [2.05, 4.69) is 0 Å². The summed E-state index contributed by atoms with van der Waals surface area (Å²) in [5.41, 5.74) is 0. The summed E-state index contributed by atoms with van der Waals surface area (Å²) in [6, 6.07) is 8.19. The Bertz CT molecular complexity index is 669. The predicted octanol–water partition coefficient (Wildman–Crippen LogP) is 2.10. The van der Waals surface area contributed by atoms with Gasteiger partial charge in [0.2, 0.25) is 5.79 Å². The molecular weight excluding hydrogens is 304 g/mol. The third-order valence-corrected chi connectivity index (χ3v) is 6.52. The van der Waals surface area contributed by atoms with Crippen LogP contribution < -0.4 is 0 Å². The number of rotatable bonds is 2. The average Bonchev–Trinajstić information content (AvgIpc) is 2.82. The van der Waals surface area contributed by atoms with Gasteiger partial charge >= 0.3 is 0 Å². The summed E-state index contributed by atoms with van der Waals surface area (Å²) in [6.45, 7) is 3.62. The molecule has 120 valence electrons. The zero-order valence-corrected chi connectivity index (χ0v) is 13.5. The van der Waals surface area contributed by atoms with Crippen molar-refractivity contribution in [3.8, 4) is 0 Å². The third-order valence-electron chi connectivity index (χ3n) is 4.34. The molecule has 2 heterocycles. The summed E-state index contributed by atoms with van der Waals surface area (Å²) in [5, 5.41) is -0.993. The minimum absolute atomic E-state index is 0.198. The molecule has 0 amide bonds. The molecule has 2 saturated heterocycles. The summed E-state index contributed by atoms with van der Waals surface area (Å²) < 4.78 is 37.5. The van der Waals surface area contributed by atoms with Crippen molar-refractivity contribution in [1.82, 2.24) is 0 Å². The van der Waals surface area contributed by atoms with E-state index in [1.807, 2.05) is 6.92 Å². The molecule has 0 aliphatic carbocycles. The lowest BCUT2D eigenvalue weighted by molar-refractivity contribution is -0.244. The lowest BCUT2D eigenvalue weighted by atomic mass is 9.97. The Kier molecular flexibility index (Phi) is 3.87. The number of ketones is 1. The van der Waals surface area contributed by atoms with Crippen LogP contribution in [0.25, 0.3) is 0 Å². The van der Waals surface area contributed by atoms with Crippen LogP contribution in [0.5, 0.6) is 0 Å². The van der Waals surface area contributed by atoms with Crippen LogP contribution in [0.15, 0.2) is 35.2 Å². The van der Waals surface area contributed by atoms with Gasteiger partial charge in [-0.1, -0.05) is 18.2 Å². The molecule has 1 spiro atoms. The van der Waals surface area contributed by atoms with Crippen molar-refractivity contribution in [2.75, 3.05) is 0 Å². The fourth-order valence-electron chi connectivity index (χ4n) is 3.27. The van der Waals surface area contributed by atoms with Crippen LogP contribution in [-0.2, 0) is 24.1 Å². The second-order valence-electron chi connectivity index (χ2n) is 6.07. The highest BCUT2D eigenvalue weighted by Gasteiger charge is 2.61. The number of hydrogen-bond acceptors (Lipinski definition) is 5. The van der Waals surface area contributed by atoms with Gasteiger partial charge in [0, 0.05) is 6.42 Å². The first kappa shape index (κ1) is 15.6. The molecule has 1 unspecified atom stereocenters. The van der Waals surface area contributed by atoms with Crippen LogP contribution in [0.3, 0.4) is 0 Å². The first-order chi connectivity index (χ1) is 10.4. The standard InChI is InChI=1S/C16H20O5S/c1-11-8-9-14(17)16(20-11)15(10-12(2)21-16)22(18,19)13-6-4-3-5-7-13/h3-7,11-12,15H,8-10H2,1-2H3/t11-,12+,15+,16?/m0/s1. The fourth-order valence-corrected chi connectivity index (χ4v) is 5.31. The maximum atomic E-state index is 13.0. The fraction of sp³-hybridized carbons (Fsp3) is 0.562. The van der Waals surface area contributed by atoms with Gasteiger partial charge in [0.25, 0.3) is 0 Å². The van der Waals surface area contributed by atoms with E-state index >= 15 is 0 Å². The molecule has 22 heavy (non-hydrogen) atoms. The van der Waals surface area contributed by atoms with Crippen molar-refractivity contribution < 1.29 is 22.7 Å². The van der Waals surface area contributed by atoms with E-state index in [1.54, 1.807) is 37.3 Å². The van der Waals surface area contributed by atoms with Gasteiger partial charge in [0.15, 0.2) is 15.6 Å². The molecule has 2 aliphatic heterocycles. The Morgan fingerprint density at radius 1 is 1.09 bits per heavy atom. The lowest BCUT2D eigenvalue weighted by Gasteiger charge is -2.38. The molecule has 0 N–H and O–H groups in total. The van der Waals surface area contributed by atoms with Crippen molar-refractivity contribution in [2.24, 2.45) is 0 Å². The Morgan fingerprint density at radius 2 is 1.73 bits per heavy atom. The number of Topliss-reactive ketones (excluding diaryl/α,β-unsaturated/α-hetero) is 1. The zero-order valence-electron chi connectivity index (χ0n) is 12.7. The molecule has 2 fully saturated rings. The first-order valence-corrected chi connectivity index (χ1v) is 9.09. The SMILES string of the molecule is C[C@@H]1C[C@@H](S(=O)(=O)c2ccccc2)C2(O1)O[C@@H](C)CCC2=O. The monoisotopic (exact) mass is 324 g/mol. The Hall–Kier alpha value is -1.24. The molecule has 0 radical (unpaired) electrons. The van der Waals surface area contributed by atoms with Gasteiger partial charge in [-0.2, -0.15) is 0 Å². The summed E-state index contributed by atoms with van der Waals surface area (Å²) in [6.07, 6.45) is 0.607. The molecular formula is C16H20O5S. The summed E-state index contributed by atoms with van der Waals surface area (Å²) >= 11 is 0. The van der Waals surface area contributed by atoms with Crippen LogP contribution in [0.4, 0.5) is 0 Å². The number of sulfone groups is 1. The normalized spacial score (nSPS) is 35.9. The predicted molar refractivity (Wildman–Crippen MR) is 80.1 cm³/mol. The minimum Gasteiger partial charge on any atom is -0.340 e. The van der Waals surface area contributed by atoms with Gasteiger partial charge in [-0.15, -0.1) is 0 Å². The van der Waals surface area contributed by atoms with Crippen molar-refractivity contribution in [2.45, 2.75) is 61.3 Å². The van der Waals surface area contributed by atoms with Crippen LogP contribution in [0.1, 0.15) is 33.1 Å². The molecule has 0 aromatic heterocycles. The number of ether oxygens (including phenoxy) is 2. The Morgan fingerprint density at radius 3 is 2.41 bits per heavy atom. The number of hydrogen-bond donors (Lipinski definition) is 0. The first-order valence-electron chi connectivity index (χ1n) is 7.54. The topological polar surface area (TPSA) is 69.7 Å². The third kappa shape index (κ3) is 2.39. The molecule has 0 bridgehead atoms. The van der Waals surface area contributed by atoms with Crippen LogP contribution in [0.2, 0.25) is 0 Å². The highest BCUT2D eigenvalue weighted by atomic mass is 32.2. The van der Waals surface area contributed by atoms with Gasteiger partial charge in [0.05, 0.1) is 17.1 Å². The maximum absolute atomic E-state index is 13.0. The van der Waals surface area contributed by atoms with Crippen molar-refractivity contribution in [3.05, 3.63) is 30.3 Å². The second-order valence-corrected chi connectivity index (χ2v) is 8.20. The Labute approximate surface area is 130 Å². The molecule has 1 aromatic carbocycles. The minimum atomic E-state index is -3.71. The summed E-state index contributed by atoms with van der Waals surface area (Å²) in [5.74, 6) is -1.91. The van der Waals surface area contributed by atoms with E-state index in [-0.39, 0.29) is 35.7 Å². The van der Waals surface area contributed by atoms with E-state index in [1.165, 1.54) is 0 Å². The highest BCUT2D eigenvalue weighted by molar-refractivity contribution is 7.92. The van der Waals surface area contributed by atoms with Gasteiger partial charge in [-0.05, 0) is 38.8 Å². The number of carbonyl (C=O) groups is 1. The van der Waals surface area contributed by atoms with Crippen LogP contribution in [0, 0.1) is 0 Å². The largest absolute Gasteiger partial charge is 0.340 e. The molecule has 3 rings (SSSR count). The van der Waals surface area contributed by atoms with Crippen molar-refractivity contribution in [1.29, 1.82) is 0 Å². The Balaban J connectivity index is 2.06. The molecule has 6 heteroatoms. The van der Waals surface area contributed by atoms with E-state index in [9.17, 15) is 13.2 Å². The van der Waals surface area contributed by atoms with Gasteiger partial charge in [-0.3, -0.25) is 4.79 Å². The zero-order chi connectivity index (χ0) is 16.0. The second kappa shape index (κ2) is 5.44. The summed E-state index contributed by atoms with van der Waals surface area (Å²) in [4.78, 5) is 12.7. The summed E-state index contributed by atoms with van der Waals surface area (Å²) in [7, 11) is -3.71. The number of carbonyl (C=O) groups excluding carboxylic acids is 1. The van der Waals surface area contributed by atoms with Crippen molar-refractivity contribution >= 4 is 15.6 Å².